The van der Waals surface area contributed by atoms with Gasteiger partial charge in [-0.25, -0.2) is 4.39 Å². The maximum Gasteiger partial charge on any atom is 0.226 e. The van der Waals surface area contributed by atoms with Crippen LogP contribution >= 0.6 is 0 Å². The average molecular weight is 401 g/mol. The Kier molecular flexibility index (Phi) is 7.48. The van der Waals surface area contributed by atoms with Gasteiger partial charge in [-0.1, -0.05) is 37.6 Å². The van der Waals surface area contributed by atoms with Crippen molar-refractivity contribution < 1.29 is 13.9 Å². The number of nitrogens with zero attached hydrogens (tertiary/aromatic N) is 2. The lowest BCUT2D eigenvalue weighted by Crippen LogP contribution is -2.50. The number of benzene rings is 1. The van der Waals surface area contributed by atoms with E-state index >= 15 is 0 Å². The molecule has 0 atom stereocenters. The summed E-state index contributed by atoms with van der Waals surface area (Å²) in [5, 5.41) is 0. The van der Waals surface area contributed by atoms with E-state index in [-0.39, 0.29) is 11.7 Å². The summed E-state index contributed by atoms with van der Waals surface area (Å²) in [4.78, 5) is 17.3. The Balaban J connectivity index is 1.60. The third-order valence-corrected chi connectivity index (χ3v) is 5.44. The molecule has 0 unspecified atom stereocenters. The van der Waals surface area contributed by atoms with Gasteiger partial charge in [0.1, 0.15) is 5.82 Å². The van der Waals surface area contributed by atoms with Crippen LogP contribution in [0, 0.1) is 17.7 Å². The van der Waals surface area contributed by atoms with E-state index in [0.717, 1.165) is 56.0 Å². The van der Waals surface area contributed by atoms with Crippen molar-refractivity contribution in [1.29, 1.82) is 0 Å². The van der Waals surface area contributed by atoms with E-state index in [0.29, 0.717) is 24.8 Å². The summed E-state index contributed by atoms with van der Waals surface area (Å²) in [6, 6.07) is 6.46. The van der Waals surface area contributed by atoms with Crippen LogP contribution in [0.25, 0.3) is 0 Å². The molecule has 1 amide bonds. The molecule has 0 spiro atoms. The highest BCUT2D eigenvalue weighted by atomic mass is 19.1. The predicted octanol–water partition coefficient (Wildman–Crippen LogP) is 4.38. The van der Waals surface area contributed by atoms with Gasteiger partial charge in [-0.15, -0.1) is 0 Å². The van der Waals surface area contributed by atoms with Crippen LogP contribution in [0.1, 0.15) is 38.7 Å². The van der Waals surface area contributed by atoms with Crippen molar-refractivity contribution in [2.45, 2.75) is 39.7 Å². The molecule has 1 aliphatic heterocycles. The molecule has 158 valence electrons. The van der Waals surface area contributed by atoms with Crippen molar-refractivity contribution in [3.8, 4) is 0 Å². The van der Waals surface area contributed by atoms with Gasteiger partial charge in [-0.3, -0.25) is 4.79 Å². The van der Waals surface area contributed by atoms with Crippen molar-refractivity contribution >= 4 is 5.91 Å². The lowest BCUT2D eigenvalue weighted by Gasteiger charge is -2.39. The highest BCUT2D eigenvalue weighted by molar-refractivity contribution is 5.79. The SMILES string of the molecule is CC(C)COC1=CC=C(CC(=O)N(Cc2ccc(F)cc2)CC2CN(C)C2)CC1. The van der Waals surface area contributed by atoms with E-state index in [4.69, 9.17) is 4.74 Å². The number of amides is 1. The third-order valence-electron chi connectivity index (χ3n) is 5.44. The van der Waals surface area contributed by atoms with E-state index in [1.807, 2.05) is 17.1 Å². The maximum absolute atomic E-state index is 13.2. The molecule has 1 saturated heterocycles. The second-order valence-electron chi connectivity index (χ2n) is 8.83. The number of carbonyl (C=O) groups is 1. The summed E-state index contributed by atoms with van der Waals surface area (Å²) >= 11 is 0. The van der Waals surface area contributed by atoms with Gasteiger partial charge in [0.15, 0.2) is 0 Å². The van der Waals surface area contributed by atoms with Crippen LogP contribution < -0.4 is 0 Å². The van der Waals surface area contributed by atoms with Gasteiger partial charge in [-0.05, 0) is 43.2 Å². The van der Waals surface area contributed by atoms with Gasteiger partial charge in [0, 0.05) is 44.9 Å². The lowest BCUT2D eigenvalue weighted by molar-refractivity contribution is -0.132. The number of rotatable bonds is 9. The van der Waals surface area contributed by atoms with Gasteiger partial charge in [-0.2, -0.15) is 0 Å². The van der Waals surface area contributed by atoms with Crippen LogP contribution in [0.15, 0.2) is 47.7 Å². The minimum Gasteiger partial charge on any atom is -0.498 e. The Labute approximate surface area is 174 Å². The van der Waals surface area contributed by atoms with Gasteiger partial charge in [0.05, 0.1) is 12.4 Å². The first-order valence-corrected chi connectivity index (χ1v) is 10.6. The molecule has 0 radical (unpaired) electrons. The summed E-state index contributed by atoms with van der Waals surface area (Å²) in [6.07, 6.45) is 6.23. The number of hydrogen-bond acceptors (Lipinski definition) is 3. The lowest BCUT2D eigenvalue weighted by atomic mass is 9.97. The number of likely N-dealkylation sites (tertiary alicyclic amines) is 1. The average Bonchev–Trinajstić information content (AvgIpc) is 2.67. The molecular weight excluding hydrogens is 367 g/mol. The molecule has 0 bridgehead atoms. The summed E-state index contributed by atoms with van der Waals surface area (Å²) in [5.74, 6) is 1.93. The summed E-state index contributed by atoms with van der Waals surface area (Å²) < 4.78 is 19.0. The first-order chi connectivity index (χ1) is 13.9. The molecule has 2 aliphatic rings. The zero-order valence-electron chi connectivity index (χ0n) is 17.9. The molecule has 1 aromatic carbocycles. The third kappa shape index (κ3) is 6.70. The van der Waals surface area contributed by atoms with Gasteiger partial charge in [0.25, 0.3) is 0 Å². The molecule has 1 aromatic rings. The quantitative estimate of drug-likeness (QED) is 0.617. The molecule has 0 aromatic heterocycles. The topological polar surface area (TPSA) is 32.8 Å². The van der Waals surface area contributed by atoms with Crippen LogP contribution in [0.2, 0.25) is 0 Å². The minimum atomic E-state index is -0.248. The molecule has 1 heterocycles. The Morgan fingerprint density at radius 1 is 1.21 bits per heavy atom. The molecule has 0 N–H and O–H groups in total. The van der Waals surface area contributed by atoms with Crippen LogP contribution in [-0.4, -0.2) is 49.0 Å². The summed E-state index contributed by atoms with van der Waals surface area (Å²) in [7, 11) is 2.10. The van der Waals surface area contributed by atoms with E-state index in [1.165, 1.54) is 12.1 Å². The van der Waals surface area contributed by atoms with Gasteiger partial charge < -0.3 is 14.5 Å². The van der Waals surface area contributed by atoms with Crippen LogP contribution in [0.5, 0.6) is 0 Å². The molecule has 1 fully saturated rings. The monoisotopic (exact) mass is 400 g/mol. The summed E-state index contributed by atoms with van der Waals surface area (Å²) in [6.45, 7) is 8.34. The van der Waals surface area contributed by atoms with E-state index < -0.39 is 0 Å². The Bertz CT molecular complexity index is 749. The minimum absolute atomic E-state index is 0.148. The maximum atomic E-state index is 13.2. The van der Waals surface area contributed by atoms with Gasteiger partial charge >= 0.3 is 0 Å². The van der Waals surface area contributed by atoms with Crippen LogP contribution in [0.4, 0.5) is 4.39 Å². The number of halogens is 1. The Hall–Kier alpha value is -2.14. The highest BCUT2D eigenvalue weighted by Gasteiger charge is 2.28. The molecular formula is C24H33FN2O2. The van der Waals surface area contributed by atoms with E-state index in [9.17, 15) is 9.18 Å². The Morgan fingerprint density at radius 2 is 1.93 bits per heavy atom. The predicted molar refractivity (Wildman–Crippen MR) is 114 cm³/mol. The Morgan fingerprint density at radius 3 is 2.52 bits per heavy atom. The van der Waals surface area contributed by atoms with Crippen molar-refractivity contribution in [3.05, 3.63) is 59.1 Å². The number of carbonyl (C=O) groups excluding carboxylic acids is 1. The number of allylic oxidation sites excluding steroid dienone is 3. The van der Waals surface area contributed by atoms with Crippen LogP contribution in [-0.2, 0) is 16.1 Å². The molecule has 0 saturated carbocycles. The number of hydrogen-bond donors (Lipinski definition) is 0. The zero-order valence-corrected chi connectivity index (χ0v) is 17.9. The van der Waals surface area contributed by atoms with Crippen molar-refractivity contribution in [1.82, 2.24) is 9.80 Å². The van der Waals surface area contributed by atoms with E-state index in [2.05, 4.69) is 25.8 Å². The normalized spacial score (nSPS) is 17.6. The second kappa shape index (κ2) is 10.1. The van der Waals surface area contributed by atoms with Crippen LogP contribution in [0.3, 0.4) is 0 Å². The zero-order chi connectivity index (χ0) is 20.8. The first kappa shape index (κ1) is 21.6. The van der Waals surface area contributed by atoms with Crippen molar-refractivity contribution in [2.75, 3.05) is 33.3 Å². The molecule has 5 heteroatoms. The fraction of sp³-hybridized carbons (Fsp3) is 0.542. The molecule has 29 heavy (non-hydrogen) atoms. The molecule has 3 rings (SSSR count). The first-order valence-electron chi connectivity index (χ1n) is 10.6. The smallest absolute Gasteiger partial charge is 0.226 e. The second-order valence-corrected chi connectivity index (χ2v) is 8.83. The standard InChI is InChI=1S/C24H33FN2O2/c1-18(2)17-29-23-10-6-19(7-11-23)12-24(28)27(16-21-13-26(3)14-21)15-20-4-8-22(25)9-5-20/h4-6,8-10,18,21H,7,11-17H2,1-3H3. The number of ether oxygens (including phenoxy) is 1. The molecule has 1 aliphatic carbocycles. The highest BCUT2D eigenvalue weighted by Crippen LogP contribution is 2.24. The van der Waals surface area contributed by atoms with E-state index in [1.54, 1.807) is 12.1 Å². The van der Waals surface area contributed by atoms with Crippen molar-refractivity contribution in [2.24, 2.45) is 11.8 Å². The fourth-order valence-electron chi connectivity index (χ4n) is 3.83. The summed E-state index contributed by atoms with van der Waals surface area (Å²) in [5.41, 5.74) is 2.12. The van der Waals surface area contributed by atoms with Crippen molar-refractivity contribution in [3.63, 3.8) is 0 Å². The molecule has 4 nitrogen and oxygen atoms in total. The van der Waals surface area contributed by atoms with Gasteiger partial charge in [0.2, 0.25) is 5.91 Å². The fourth-order valence-corrected chi connectivity index (χ4v) is 3.83. The largest absolute Gasteiger partial charge is 0.498 e.